The van der Waals surface area contributed by atoms with Crippen LogP contribution in [0.3, 0.4) is 0 Å². The molecule has 0 unspecified atom stereocenters. The van der Waals surface area contributed by atoms with E-state index in [1.807, 2.05) is 24.4 Å². The molecule has 0 bridgehead atoms. The number of methoxy groups -OCH3 is 1. The maximum Gasteiger partial charge on any atom is 0.234 e. The fourth-order valence-electron chi connectivity index (χ4n) is 3.04. The maximum absolute atomic E-state index is 12.4. The Hall–Kier alpha value is -2.55. The molecule has 1 fully saturated rings. The van der Waals surface area contributed by atoms with Crippen LogP contribution in [0.2, 0.25) is 0 Å². The summed E-state index contributed by atoms with van der Waals surface area (Å²) in [6.45, 7) is 2.65. The van der Waals surface area contributed by atoms with Crippen LogP contribution in [0.25, 0.3) is 11.0 Å². The van der Waals surface area contributed by atoms with Crippen molar-refractivity contribution in [1.82, 2.24) is 14.9 Å². The van der Waals surface area contributed by atoms with Gasteiger partial charge in [0, 0.05) is 12.4 Å². The van der Waals surface area contributed by atoms with E-state index in [4.69, 9.17) is 9.26 Å². The van der Waals surface area contributed by atoms with Crippen LogP contribution in [0.4, 0.5) is 5.82 Å². The molecule has 8 nitrogen and oxygen atoms in total. The van der Waals surface area contributed by atoms with Crippen LogP contribution in [0.15, 0.2) is 35.1 Å². The molecule has 3 aromatic rings. The number of sulfonamides is 1. The minimum absolute atomic E-state index is 0.0670. The maximum atomic E-state index is 12.4. The van der Waals surface area contributed by atoms with Crippen molar-refractivity contribution >= 4 is 26.8 Å². The molecule has 0 spiro atoms. The number of fused-ring (bicyclic) bond motifs is 1. The van der Waals surface area contributed by atoms with Crippen LogP contribution in [0.1, 0.15) is 31.7 Å². The number of rotatable bonds is 8. The van der Waals surface area contributed by atoms with Crippen molar-refractivity contribution in [3.05, 3.63) is 36.2 Å². The predicted octanol–water partition coefficient (Wildman–Crippen LogP) is 3.01. The average molecular weight is 390 g/mol. The number of hydrogen-bond donors (Lipinski definition) is 1. The highest BCUT2D eigenvalue weighted by Crippen LogP contribution is 2.48. The van der Waals surface area contributed by atoms with Crippen LogP contribution in [-0.2, 0) is 16.6 Å². The Morgan fingerprint density at radius 2 is 2.19 bits per heavy atom. The summed E-state index contributed by atoms with van der Waals surface area (Å²) in [5, 5.41) is 8.62. The lowest BCUT2D eigenvalue weighted by atomic mass is 10.1. The summed E-state index contributed by atoms with van der Waals surface area (Å²) in [5.41, 5.74) is 1.54. The van der Waals surface area contributed by atoms with Crippen LogP contribution < -0.4 is 9.46 Å². The van der Waals surface area contributed by atoms with E-state index in [1.165, 1.54) is 7.11 Å². The van der Waals surface area contributed by atoms with Crippen LogP contribution in [0, 0.1) is 5.41 Å². The fraction of sp³-hybridized carbons (Fsp3) is 0.444. The third-order valence-corrected chi connectivity index (χ3v) is 6.30. The van der Waals surface area contributed by atoms with E-state index in [2.05, 4.69) is 21.9 Å². The van der Waals surface area contributed by atoms with E-state index in [0.717, 1.165) is 18.4 Å². The minimum atomic E-state index is -3.51. The van der Waals surface area contributed by atoms with Gasteiger partial charge in [-0.05, 0) is 48.4 Å². The Morgan fingerprint density at radius 3 is 2.85 bits per heavy atom. The van der Waals surface area contributed by atoms with Crippen molar-refractivity contribution in [2.45, 2.75) is 32.7 Å². The Kier molecular flexibility index (Phi) is 4.33. The molecule has 1 saturated carbocycles. The van der Waals surface area contributed by atoms with Gasteiger partial charge in [0.2, 0.25) is 10.0 Å². The van der Waals surface area contributed by atoms with E-state index in [1.54, 1.807) is 10.9 Å². The molecule has 1 aromatic carbocycles. The first-order chi connectivity index (χ1) is 12.9. The van der Waals surface area contributed by atoms with E-state index in [0.29, 0.717) is 29.7 Å². The summed E-state index contributed by atoms with van der Waals surface area (Å²) in [5.74, 6) is 0.730. The molecule has 0 radical (unpaired) electrons. The van der Waals surface area contributed by atoms with E-state index in [9.17, 15) is 8.42 Å². The highest BCUT2D eigenvalue weighted by Gasteiger charge is 2.38. The Balaban J connectivity index is 1.60. The van der Waals surface area contributed by atoms with Gasteiger partial charge in [-0.1, -0.05) is 12.1 Å². The van der Waals surface area contributed by atoms with E-state index < -0.39 is 10.0 Å². The van der Waals surface area contributed by atoms with Gasteiger partial charge >= 0.3 is 0 Å². The normalized spacial score (nSPS) is 15.8. The highest BCUT2D eigenvalue weighted by molar-refractivity contribution is 7.92. The molecule has 4 rings (SSSR count). The first-order valence-electron chi connectivity index (χ1n) is 8.82. The minimum Gasteiger partial charge on any atom is -0.496 e. The smallest absolute Gasteiger partial charge is 0.234 e. The summed E-state index contributed by atoms with van der Waals surface area (Å²) in [6.07, 6.45) is 6.38. The zero-order valence-corrected chi connectivity index (χ0v) is 16.1. The summed E-state index contributed by atoms with van der Waals surface area (Å²) in [7, 11) is -1.97. The van der Waals surface area contributed by atoms with Gasteiger partial charge < -0.3 is 9.26 Å². The number of ether oxygens (including phenoxy) is 1. The number of nitrogens with zero attached hydrogens (tertiary/aromatic N) is 3. The lowest BCUT2D eigenvalue weighted by Crippen LogP contribution is -2.19. The van der Waals surface area contributed by atoms with Gasteiger partial charge in [0.1, 0.15) is 11.1 Å². The molecule has 27 heavy (non-hydrogen) atoms. The van der Waals surface area contributed by atoms with Gasteiger partial charge in [-0.15, -0.1) is 0 Å². The highest BCUT2D eigenvalue weighted by atomic mass is 32.2. The van der Waals surface area contributed by atoms with Crippen molar-refractivity contribution in [2.75, 3.05) is 17.6 Å². The van der Waals surface area contributed by atoms with Crippen LogP contribution in [0.5, 0.6) is 5.75 Å². The molecular formula is C18H22N4O4S. The second-order valence-corrected chi connectivity index (χ2v) is 9.23. The summed E-state index contributed by atoms with van der Waals surface area (Å²) < 4.78 is 40.1. The molecule has 1 aliphatic rings. The van der Waals surface area contributed by atoms with Crippen LogP contribution in [-0.4, -0.2) is 36.2 Å². The third kappa shape index (κ3) is 3.92. The standard InChI is InChI=1S/C18H22N4O4S/c1-18(4-5-18)6-9-27(23,24)21-17-16-14(25-2)10-13(11-15(16)26-20-17)12-22-8-3-7-19-22/h3,7-8,10-11H,4-6,9,12H2,1-2H3,(H,20,21). The molecule has 0 amide bonds. The van der Waals surface area contributed by atoms with Crippen molar-refractivity contribution in [3.8, 4) is 5.75 Å². The summed E-state index contributed by atoms with van der Waals surface area (Å²) in [6, 6.07) is 5.50. The quantitative estimate of drug-likeness (QED) is 0.635. The lowest BCUT2D eigenvalue weighted by molar-refractivity contribution is 0.418. The zero-order chi connectivity index (χ0) is 19.1. The van der Waals surface area contributed by atoms with Gasteiger partial charge in [-0.25, -0.2) is 8.42 Å². The Labute approximate surface area is 157 Å². The number of aromatic nitrogens is 3. The molecule has 0 saturated heterocycles. The fourth-order valence-corrected chi connectivity index (χ4v) is 4.33. The van der Waals surface area contributed by atoms with Gasteiger partial charge in [0.25, 0.3) is 0 Å². The summed E-state index contributed by atoms with van der Waals surface area (Å²) in [4.78, 5) is 0. The second kappa shape index (κ2) is 6.56. The molecule has 0 atom stereocenters. The molecule has 1 aliphatic carbocycles. The van der Waals surface area contributed by atoms with Gasteiger partial charge in [0.05, 0.1) is 19.4 Å². The number of hydrogen-bond acceptors (Lipinski definition) is 6. The molecule has 0 aliphatic heterocycles. The lowest BCUT2D eigenvalue weighted by Gasteiger charge is -2.10. The molecular weight excluding hydrogens is 368 g/mol. The van der Waals surface area contributed by atoms with Gasteiger partial charge in [-0.3, -0.25) is 9.40 Å². The van der Waals surface area contributed by atoms with Crippen molar-refractivity contribution < 1.29 is 17.7 Å². The van der Waals surface area contributed by atoms with Gasteiger partial charge in [0.15, 0.2) is 11.4 Å². The van der Waals surface area contributed by atoms with Crippen molar-refractivity contribution in [3.63, 3.8) is 0 Å². The van der Waals surface area contributed by atoms with Crippen molar-refractivity contribution in [1.29, 1.82) is 0 Å². The topological polar surface area (TPSA) is 99.2 Å². The number of benzene rings is 1. The number of nitrogens with one attached hydrogen (secondary N) is 1. The molecule has 2 heterocycles. The van der Waals surface area contributed by atoms with Crippen molar-refractivity contribution in [2.24, 2.45) is 5.41 Å². The molecule has 9 heteroatoms. The second-order valence-electron chi connectivity index (χ2n) is 7.39. The Bertz CT molecular complexity index is 1050. The van der Waals surface area contributed by atoms with Gasteiger partial charge in [-0.2, -0.15) is 5.10 Å². The zero-order valence-electron chi connectivity index (χ0n) is 15.3. The number of anilines is 1. The van der Waals surface area contributed by atoms with E-state index in [-0.39, 0.29) is 17.0 Å². The average Bonchev–Trinajstić information content (AvgIpc) is 3.00. The largest absolute Gasteiger partial charge is 0.496 e. The molecule has 2 aromatic heterocycles. The SMILES string of the molecule is COc1cc(Cn2cccn2)cc2onc(NS(=O)(=O)CCC3(C)CC3)c12. The third-order valence-electron chi connectivity index (χ3n) is 5.05. The summed E-state index contributed by atoms with van der Waals surface area (Å²) >= 11 is 0. The first kappa shape index (κ1) is 17.8. The molecule has 144 valence electrons. The van der Waals surface area contributed by atoms with E-state index >= 15 is 0 Å². The molecule has 1 N–H and O–H groups in total. The first-order valence-corrected chi connectivity index (χ1v) is 10.5. The predicted molar refractivity (Wildman–Crippen MR) is 101 cm³/mol. The van der Waals surface area contributed by atoms with Crippen LogP contribution >= 0.6 is 0 Å². The Morgan fingerprint density at radius 1 is 1.37 bits per heavy atom. The monoisotopic (exact) mass is 390 g/mol.